The van der Waals surface area contributed by atoms with E-state index in [4.69, 9.17) is 11.6 Å². The van der Waals surface area contributed by atoms with Crippen molar-refractivity contribution in [1.29, 1.82) is 0 Å². The first-order valence-electron chi connectivity index (χ1n) is 6.68. The summed E-state index contributed by atoms with van der Waals surface area (Å²) in [5.41, 5.74) is 5.41. The fourth-order valence-corrected chi connectivity index (χ4v) is 3.43. The molecule has 0 saturated heterocycles. The Balaban J connectivity index is 2.16. The van der Waals surface area contributed by atoms with E-state index in [2.05, 4.69) is 55.3 Å². The molecular weight excluding hydrogens is 254 g/mol. The predicted molar refractivity (Wildman–Crippen MR) is 80.8 cm³/mol. The van der Waals surface area contributed by atoms with Gasteiger partial charge in [-0.05, 0) is 42.3 Å². The Bertz CT molecular complexity index is 606. The molecule has 2 aromatic carbocycles. The maximum atomic E-state index is 6.47. The first-order valence-corrected chi connectivity index (χ1v) is 7.06. The summed E-state index contributed by atoms with van der Waals surface area (Å²) in [4.78, 5) is 2.37. The number of rotatable bonds is 1. The summed E-state index contributed by atoms with van der Waals surface area (Å²) in [6, 6.07) is 14.9. The van der Waals surface area contributed by atoms with Crippen LogP contribution in [0.1, 0.15) is 28.2 Å². The highest BCUT2D eigenvalue weighted by Crippen LogP contribution is 2.38. The number of aryl methyl sites for hydroxylation is 1. The van der Waals surface area contributed by atoms with Gasteiger partial charge in [0, 0.05) is 24.0 Å². The lowest BCUT2D eigenvalue weighted by Gasteiger charge is -2.34. The van der Waals surface area contributed by atoms with Crippen molar-refractivity contribution in [2.75, 3.05) is 13.6 Å². The Hall–Kier alpha value is -1.31. The average Bonchev–Trinajstić information content (AvgIpc) is 2.38. The molecule has 98 valence electrons. The van der Waals surface area contributed by atoms with Crippen LogP contribution in [0.3, 0.4) is 0 Å². The number of hydrogen-bond acceptors (Lipinski definition) is 1. The van der Waals surface area contributed by atoms with Crippen molar-refractivity contribution >= 4 is 11.6 Å². The van der Waals surface area contributed by atoms with Gasteiger partial charge in [0.15, 0.2) is 0 Å². The van der Waals surface area contributed by atoms with Gasteiger partial charge in [-0.25, -0.2) is 0 Å². The molecule has 0 aromatic heterocycles. The van der Waals surface area contributed by atoms with E-state index in [-0.39, 0.29) is 0 Å². The largest absolute Gasteiger partial charge is 0.301 e. The minimum absolute atomic E-state index is 0.378. The highest BCUT2D eigenvalue weighted by Gasteiger charge is 2.27. The van der Waals surface area contributed by atoms with E-state index in [1.807, 2.05) is 6.07 Å². The molecule has 1 atom stereocenters. The molecule has 2 aromatic rings. The molecule has 1 heterocycles. The summed E-state index contributed by atoms with van der Waals surface area (Å²) in [5, 5.41) is 0.902. The molecule has 0 N–H and O–H groups in total. The smallest absolute Gasteiger partial charge is 0.0447 e. The van der Waals surface area contributed by atoms with Crippen molar-refractivity contribution in [3.05, 3.63) is 69.7 Å². The highest BCUT2D eigenvalue weighted by molar-refractivity contribution is 6.31. The van der Waals surface area contributed by atoms with Crippen LogP contribution in [0.4, 0.5) is 0 Å². The fourth-order valence-electron chi connectivity index (χ4n) is 3.10. The zero-order valence-corrected chi connectivity index (χ0v) is 12.1. The maximum absolute atomic E-state index is 6.47. The second-order valence-electron chi connectivity index (χ2n) is 5.42. The Kier molecular flexibility index (Phi) is 3.34. The summed E-state index contributed by atoms with van der Waals surface area (Å²) >= 11 is 6.47. The molecule has 0 aliphatic carbocycles. The second kappa shape index (κ2) is 4.99. The van der Waals surface area contributed by atoms with Crippen LogP contribution >= 0.6 is 11.6 Å². The van der Waals surface area contributed by atoms with Gasteiger partial charge in [0.1, 0.15) is 0 Å². The molecule has 0 spiro atoms. The summed E-state index contributed by atoms with van der Waals surface area (Å²) in [6.45, 7) is 4.19. The van der Waals surface area contributed by atoms with E-state index in [9.17, 15) is 0 Å². The maximum Gasteiger partial charge on any atom is 0.0447 e. The van der Waals surface area contributed by atoms with Gasteiger partial charge in [-0.3, -0.25) is 0 Å². The van der Waals surface area contributed by atoms with Crippen LogP contribution in [-0.4, -0.2) is 18.5 Å². The SMILES string of the molecule is Cc1ccccc1C1CN(C)Cc2cccc(Cl)c21. The zero-order chi connectivity index (χ0) is 13.4. The lowest BCUT2D eigenvalue weighted by Crippen LogP contribution is -2.31. The lowest BCUT2D eigenvalue weighted by molar-refractivity contribution is 0.295. The predicted octanol–water partition coefficient (Wildman–Crippen LogP) is 4.23. The van der Waals surface area contributed by atoms with E-state index >= 15 is 0 Å². The zero-order valence-electron chi connectivity index (χ0n) is 11.4. The molecule has 1 aliphatic heterocycles. The van der Waals surface area contributed by atoms with Crippen molar-refractivity contribution in [1.82, 2.24) is 4.90 Å². The third kappa shape index (κ3) is 2.29. The molecule has 1 aliphatic rings. The van der Waals surface area contributed by atoms with Gasteiger partial charge in [-0.2, -0.15) is 0 Å². The number of benzene rings is 2. The molecule has 19 heavy (non-hydrogen) atoms. The Labute approximate surface area is 119 Å². The van der Waals surface area contributed by atoms with E-state index in [1.54, 1.807) is 0 Å². The number of hydrogen-bond donors (Lipinski definition) is 0. The summed E-state index contributed by atoms with van der Waals surface area (Å²) in [7, 11) is 2.18. The van der Waals surface area contributed by atoms with Crippen LogP contribution < -0.4 is 0 Å². The monoisotopic (exact) mass is 271 g/mol. The number of fused-ring (bicyclic) bond motifs is 1. The Morgan fingerprint density at radius 1 is 1.11 bits per heavy atom. The van der Waals surface area contributed by atoms with Crippen molar-refractivity contribution in [2.24, 2.45) is 0 Å². The van der Waals surface area contributed by atoms with Gasteiger partial charge < -0.3 is 4.90 Å². The van der Waals surface area contributed by atoms with Crippen molar-refractivity contribution in [3.8, 4) is 0 Å². The molecule has 0 amide bonds. The summed E-state index contributed by atoms with van der Waals surface area (Å²) < 4.78 is 0. The molecule has 3 rings (SSSR count). The molecule has 0 fully saturated rings. The van der Waals surface area contributed by atoms with Crippen LogP contribution in [0.15, 0.2) is 42.5 Å². The van der Waals surface area contributed by atoms with Gasteiger partial charge in [-0.1, -0.05) is 48.0 Å². The second-order valence-corrected chi connectivity index (χ2v) is 5.83. The quantitative estimate of drug-likeness (QED) is 0.750. The van der Waals surface area contributed by atoms with Crippen LogP contribution in [0.5, 0.6) is 0 Å². The fraction of sp³-hybridized carbons (Fsp3) is 0.294. The van der Waals surface area contributed by atoms with Gasteiger partial charge >= 0.3 is 0 Å². The first kappa shape index (κ1) is 12.7. The minimum atomic E-state index is 0.378. The lowest BCUT2D eigenvalue weighted by atomic mass is 9.83. The van der Waals surface area contributed by atoms with Gasteiger partial charge in [0.2, 0.25) is 0 Å². The van der Waals surface area contributed by atoms with Gasteiger partial charge in [-0.15, -0.1) is 0 Å². The van der Waals surface area contributed by atoms with Crippen LogP contribution in [-0.2, 0) is 6.54 Å². The topological polar surface area (TPSA) is 3.24 Å². The molecule has 1 nitrogen and oxygen atoms in total. The molecule has 0 saturated carbocycles. The van der Waals surface area contributed by atoms with Gasteiger partial charge in [0.25, 0.3) is 0 Å². The van der Waals surface area contributed by atoms with Crippen molar-refractivity contribution in [3.63, 3.8) is 0 Å². The van der Waals surface area contributed by atoms with Crippen LogP contribution in [0.25, 0.3) is 0 Å². The Morgan fingerprint density at radius 2 is 1.89 bits per heavy atom. The van der Waals surface area contributed by atoms with Crippen molar-refractivity contribution in [2.45, 2.75) is 19.4 Å². The van der Waals surface area contributed by atoms with E-state index in [0.717, 1.165) is 18.1 Å². The average molecular weight is 272 g/mol. The van der Waals surface area contributed by atoms with E-state index in [1.165, 1.54) is 22.3 Å². The third-order valence-electron chi connectivity index (χ3n) is 3.99. The molecule has 0 radical (unpaired) electrons. The minimum Gasteiger partial charge on any atom is -0.301 e. The number of halogens is 1. The molecule has 2 heteroatoms. The van der Waals surface area contributed by atoms with E-state index in [0.29, 0.717) is 5.92 Å². The van der Waals surface area contributed by atoms with Crippen molar-refractivity contribution < 1.29 is 0 Å². The first-order chi connectivity index (χ1) is 9.16. The third-order valence-corrected chi connectivity index (χ3v) is 4.32. The Morgan fingerprint density at radius 3 is 2.68 bits per heavy atom. The van der Waals surface area contributed by atoms with Gasteiger partial charge in [0.05, 0.1) is 0 Å². The summed E-state index contributed by atoms with van der Waals surface area (Å²) in [5.74, 6) is 0.378. The molecular formula is C17H18ClN. The standard InChI is InChI=1S/C17H18ClN/c1-12-6-3-4-8-14(12)15-11-19(2)10-13-7-5-9-16(18)17(13)15/h3-9,15H,10-11H2,1-2H3. The highest BCUT2D eigenvalue weighted by atomic mass is 35.5. The number of nitrogens with zero attached hydrogens (tertiary/aromatic N) is 1. The van der Waals surface area contributed by atoms with Crippen LogP contribution in [0.2, 0.25) is 5.02 Å². The summed E-state index contributed by atoms with van der Waals surface area (Å²) in [6.07, 6.45) is 0. The molecule has 0 bridgehead atoms. The number of likely N-dealkylation sites (N-methyl/N-ethyl adjacent to an activating group) is 1. The van der Waals surface area contributed by atoms with E-state index < -0.39 is 0 Å². The normalized spacial score (nSPS) is 19.2. The molecule has 1 unspecified atom stereocenters. The van der Waals surface area contributed by atoms with Crippen LogP contribution in [0, 0.1) is 6.92 Å².